The van der Waals surface area contributed by atoms with Gasteiger partial charge >= 0.3 is 0 Å². The van der Waals surface area contributed by atoms with Gasteiger partial charge in [-0.15, -0.1) is 0 Å². The van der Waals surface area contributed by atoms with E-state index in [2.05, 4.69) is 0 Å². The van der Waals surface area contributed by atoms with Crippen LogP contribution in [-0.4, -0.2) is 11.1 Å². The highest BCUT2D eigenvalue weighted by molar-refractivity contribution is 5.10. The van der Waals surface area contributed by atoms with E-state index in [-0.39, 0.29) is 5.56 Å². The quantitative estimate of drug-likeness (QED) is 0.642. The topological polar surface area (TPSA) is 48.0 Å². The number of nitrogens with two attached hydrogens (primary N) is 1. The molecule has 1 aromatic rings. The molecule has 0 aliphatic heterocycles. The summed E-state index contributed by atoms with van der Waals surface area (Å²) in [5, 5.41) is 0. The predicted octanol–water partition coefficient (Wildman–Crippen LogP) is -0.114. The van der Waals surface area contributed by atoms with Crippen LogP contribution in [0.15, 0.2) is 23.1 Å². The molecule has 11 heavy (non-hydrogen) atoms. The molecule has 60 valence electrons. The van der Waals surface area contributed by atoms with Gasteiger partial charge in [0, 0.05) is 19.3 Å². The number of rotatable bonds is 2. The third-order valence-corrected chi connectivity index (χ3v) is 1.60. The molecule has 1 rings (SSSR count). The lowest BCUT2D eigenvalue weighted by Gasteiger charge is -1.99. The molecular weight excluding hydrogens is 140 g/mol. The Morgan fingerprint density at radius 3 is 2.91 bits per heavy atom. The SMILES string of the molecule is Cn1ccc(CCN)cc1=O. The zero-order valence-electron chi connectivity index (χ0n) is 6.58. The van der Waals surface area contributed by atoms with E-state index in [0.29, 0.717) is 6.54 Å². The molecule has 0 aliphatic carbocycles. The summed E-state index contributed by atoms with van der Waals surface area (Å²) in [6.45, 7) is 0.590. The number of pyridine rings is 1. The van der Waals surface area contributed by atoms with Crippen LogP contribution in [0.2, 0.25) is 0 Å². The highest BCUT2D eigenvalue weighted by Crippen LogP contribution is 1.92. The fourth-order valence-electron chi connectivity index (χ4n) is 0.912. The van der Waals surface area contributed by atoms with Crippen molar-refractivity contribution in [1.29, 1.82) is 0 Å². The molecule has 0 amide bonds. The highest BCUT2D eigenvalue weighted by Gasteiger charge is 1.92. The number of aryl methyl sites for hydroxylation is 1. The van der Waals surface area contributed by atoms with Crippen LogP contribution in [0, 0.1) is 0 Å². The van der Waals surface area contributed by atoms with Gasteiger partial charge in [0.05, 0.1) is 0 Å². The van der Waals surface area contributed by atoms with Crippen molar-refractivity contribution in [2.45, 2.75) is 6.42 Å². The molecule has 0 atom stereocenters. The number of aromatic nitrogens is 1. The smallest absolute Gasteiger partial charge is 0.250 e. The molecule has 1 heterocycles. The van der Waals surface area contributed by atoms with Gasteiger partial charge in [-0.2, -0.15) is 0 Å². The van der Waals surface area contributed by atoms with Crippen molar-refractivity contribution in [2.75, 3.05) is 6.54 Å². The number of hydrogen-bond acceptors (Lipinski definition) is 2. The first-order chi connectivity index (χ1) is 5.24. The van der Waals surface area contributed by atoms with Gasteiger partial charge in [-0.3, -0.25) is 4.79 Å². The van der Waals surface area contributed by atoms with E-state index < -0.39 is 0 Å². The zero-order chi connectivity index (χ0) is 8.27. The van der Waals surface area contributed by atoms with Gasteiger partial charge in [0.15, 0.2) is 0 Å². The van der Waals surface area contributed by atoms with Gasteiger partial charge < -0.3 is 10.3 Å². The molecule has 0 aromatic carbocycles. The summed E-state index contributed by atoms with van der Waals surface area (Å²) in [5.41, 5.74) is 6.37. The van der Waals surface area contributed by atoms with Crippen molar-refractivity contribution in [1.82, 2.24) is 4.57 Å². The third-order valence-electron chi connectivity index (χ3n) is 1.60. The molecular formula is C8H12N2O. The van der Waals surface area contributed by atoms with E-state index in [4.69, 9.17) is 5.73 Å². The first-order valence-corrected chi connectivity index (χ1v) is 3.59. The first kappa shape index (κ1) is 8.01. The van der Waals surface area contributed by atoms with Crippen molar-refractivity contribution >= 4 is 0 Å². The maximum atomic E-state index is 11.0. The highest BCUT2D eigenvalue weighted by atomic mass is 16.1. The summed E-state index contributed by atoms with van der Waals surface area (Å²) in [6.07, 6.45) is 2.53. The molecule has 0 radical (unpaired) electrons. The Morgan fingerprint density at radius 2 is 2.36 bits per heavy atom. The van der Waals surface area contributed by atoms with Crippen molar-refractivity contribution < 1.29 is 0 Å². The summed E-state index contributed by atoms with van der Waals surface area (Å²) in [5.74, 6) is 0. The Bertz CT molecular complexity index is 290. The second kappa shape index (κ2) is 3.34. The standard InChI is InChI=1S/C8H12N2O/c1-10-5-3-7(2-4-9)6-8(10)11/h3,5-6H,2,4,9H2,1H3. The predicted molar refractivity (Wildman–Crippen MR) is 44.4 cm³/mol. The second-order valence-corrected chi connectivity index (χ2v) is 2.52. The van der Waals surface area contributed by atoms with E-state index in [9.17, 15) is 4.79 Å². The van der Waals surface area contributed by atoms with Gasteiger partial charge in [-0.1, -0.05) is 0 Å². The first-order valence-electron chi connectivity index (χ1n) is 3.59. The Balaban J connectivity index is 2.96. The van der Waals surface area contributed by atoms with E-state index in [1.165, 1.54) is 0 Å². The van der Waals surface area contributed by atoms with Crippen LogP contribution in [-0.2, 0) is 13.5 Å². The average molecular weight is 152 g/mol. The van der Waals surface area contributed by atoms with E-state index in [0.717, 1.165) is 12.0 Å². The van der Waals surface area contributed by atoms with Crippen LogP contribution in [0.25, 0.3) is 0 Å². The maximum absolute atomic E-state index is 11.0. The summed E-state index contributed by atoms with van der Waals surface area (Å²) in [4.78, 5) is 11.0. The molecule has 0 spiro atoms. The molecule has 3 heteroatoms. The fraction of sp³-hybridized carbons (Fsp3) is 0.375. The fourth-order valence-corrected chi connectivity index (χ4v) is 0.912. The van der Waals surface area contributed by atoms with E-state index in [1.54, 1.807) is 23.9 Å². The Morgan fingerprint density at radius 1 is 1.64 bits per heavy atom. The maximum Gasteiger partial charge on any atom is 0.250 e. The van der Waals surface area contributed by atoms with Gasteiger partial charge in [0.2, 0.25) is 0 Å². The lowest BCUT2D eigenvalue weighted by atomic mass is 10.2. The Hall–Kier alpha value is -1.09. The zero-order valence-corrected chi connectivity index (χ0v) is 6.58. The monoisotopic (exact) mass is 152 g/mol. The summed E-state index contributed by atoms with van der Waals surface area (Å²) in [6, 6.07) is 3.53. The minimum Gasteiger partial charge on any atom is -0.330 e. The molecule has 0 unspecified atom stereocenters. The van der Waals surface area contributed by atoms with Crippen molar-refractivity contribution in [2.24, 2.45) is 12.8 Å². The van der Waals surface area contributed by atoms with Crippen LogP contribution in [0.1, 0.15) is 5.56 Å². The van der Waals surface area contributed by atoms with Crippen molar-refractivity contribution in [3.05, 3.63) is 34.2 Å². The molecule has 0 saturated carbocycles. The van der Waals surface area contributed by atoms with Crippen LogP contribution >= 0.6 is 0 Å². The molecule has 2 N–H and O–H groups in total. The number of nitrogens with zero attached hydrogens (tertiary/aromatic N) is 1. The minimum absolute atomic E-state index is 0.0240. The van der Waals surface area contributed by atoms with Gasteiger partial charge in [0.25, 0.3) is 5.56 Å². The molecule has 0 bridgehead atoms. The summed E-state index contributed by atoms with van der Waals surface area (Å²) in [7, 11) is 1.73. The largest absolute Gasteiger partial charge is 0.330 e. The minimum atomic E-state index is 0.0240. The normalized spacial score (nSPS) is 10.0. The molecule has 0 aliphatic rings. The lowest BCUT2D eigenvalue weighted by Crippen LogP contribution is -2.16. The van der Waals surface area contributed by atoms with Crippen molar-refractivity contribution in [3.63, 3.8) is 0 Å². The van der Waals surface area contributed by atoms with Crippen LogP contribution in [0.5, 0.6) is 0 Å². The van der Waals surface area contributed by atoms with Gasteiger partial charge in [-0.05, 0) is 24.6 Å². The molecule has 1 aromatic heterocycles. The average Bonchev–Trinajstić information content (AvgIpc) is 1.98. The lowest BCUT2D eigenvalue weighted by molar-refractivity contribution is 0.844. The van der Waals surface area contributed by atoms with E-state index in [1.807, 2.05) is 6.07 Å². The van der Waals surface area contributed by atoms with Gasteiger partial charge in [-0.25, -0.2) is 0 Å². The van der Waals surface area contributed by atoms with Crippen LogP contribution in [0.3, 0.4) is 0 Å². The summed E-state index contributed by atoms with van der Waals surface area (Å²) >= 11 is 0. The Labute approximate surface area is 65.5 Å². The van der Waals surface area contributed by atoms with Crippen LogP contribution in [0.4, 0.5) is 0 Å². The summed E-state index contributed by atoms with van der Waals surface area (Å²) < 4.78 is 1.54. The molecule has 0 fully saturated rings. The van der Waals surface area contributed by atoms with Crippen LogP contribution < -0.4 is 11.3 Å². The Kier molecular flexibility index (Phi) is 2.44. The van der Waals surface area contributed by atoms with Gasteiger partial charge in [0.1, 0.15) is 0 Å². The molecule has 0 saturated heterocycles. The van der Waals surface area contributed by atoms with Crippen molar-refractivity contribution in [3.8, 4) is 0 Å². The molecule has 3 nitrogen and oxygen atoms in total. The second-order valence-electron chi connectivity index (χ2n) is 2.52. The third kappa shape index (κ3) is 1.91. The van der Waals surface area contributed by atoms with E-state index >= 15 is 0 Å². The number of hydrogen-bond donors (Lipinski definition) is 1.